The summed E-state index contributed by atoms with van der Waals surface area (Å²) in [6, 6.07) is 10.9. The number of benzene rings is 2. The molecule has 0 aliphatic carbocycles. The summed E-state index contributed by atoms with van der Waals surface area (Å²) in [6.07, 6.45) is 0. The second-order valence-electron chi connectivity index (χ2n) is 7.26. The number of hydrogen-bond acceptors (Lipinski definition) is 12. The summed E-state index contributed by atoms with van der Waals surface area (Å²) in [7, 11) is -4.79. The van der Waals surface area contributed by atoms with Gasteiger partial charge >= 0.3 is 10.4 Å². The van der Waals surface area contributed by atoms with Crippen LogP contribution in [0.4, 0.5) is 34.6 Å². The van der Waals surface area contributed by atoms with Crippen molar-refractivity contribution in [1.29, 1.82) is 0 Å². The van der Waals surface area contributed by atoms with E-state index in [1.54, 1.807) is 6.07 Å². The second-order valence-corrected chi connectivity index (χ2v) is 10.8. The Morgan fingerprint density at radius 1 is 1.00 bits per heavy atom. The Morgan fingerprint density at radius 3 is 2.23 bits per heavy atom. The molecule has 0 aliphatic rings. The van der Waals surface area contributed by atoms with Gasteiger partial charge in [-0.05, 0) is 54.1 Å². The number of nitrogens with zero attached hydrogens (tertiary/aromatic N) is 4. The molecule has 0 fully saturated rings. The number of nitrogen functional groups attached to an aromatic ring is 1. The average molecular weight is 544 g/mol. The Labute approximate surface area is 207 Å². The van der Waals surface area contributed by atoms with Gasteiger partial charge in [0.1, 0.15) is 0 Å². The molecule has 0 saturated carbocycles. The number of nitrogens with two attached hydrogens (primary N) is 1. The topological polar surface area (TPSA) is 190 Å². The summed E-state index contributed by atoms with van der Waals surface area (Å²) in [5.74, 6) is -0.421. The van der Waals surface area contributed by atoms with Crippen molar-refractivity contribution in [3.8, 4) is 0 Å². The van der Waals surface area contributed by atoms with Gasteiger partial charge in [-0.1, -0.05) is 0 Å². The minimum atomic E-state index is -4.72. The second kappa shape index (κ2) is 10.6. The fraction of sp³-hybridized carbons (Fsp3) is 0.211. The van der Waals surface area contributed by atoms with Crippen molar-refractivity contribution in [3.05, 3.63) is 47.7 Å². The molecule has 188 valence electrons. The molecule has 5 N–H and O–H groups in total. The van der Waals surface area contributed by atoms with Crippen LogP contribution in [-0.2, 0) is 24.4 Å². The molecule has 16 heteroatoms. The van der Waals surface area contributed by atoms with E-state index in [0.717, 1.165) is 5.69 Å². The van der Waals surface area contributed by atoms with Crippen LogP contribution in [0.1, 0.15) is 0 Å². The Kier molecular flexibility index (Phi) is 7.97. The lowest BCUT2D eigenvalue weighted by Crippen LogP contribution is -2.15. The summed E-state index contributed by atoms with van der Waals surface area (Å²) in [5, 5.41) is 5.81. The third-order valence-electron chi connectivity index (χ3n) is 4.46. The number of anilines is 6. The lowest BCUT2D eigenvalue weighted by molar-refractivity contribution is 0.284. The van der Waals surface area contributed by atoms with Gasteiger partial charge in [0, 0.05) is 25.5 Å². The van der Waals surface area contributed by atoms with Gasteiger partial charge in [0.2, 0.25) is 17.2 Å². The van der Waals surface area contributed by atoms with E-state index in [1.807, 2.05) is 31.1 Å². The summed E-state index contributed by atoms with van der Waals surface area (Å²) < 4.78 is 58.3. The first kappa shape index (κ1) is 26.4. The molecule has 0 unspecified atom stereocenters. The van der Waals surface area contributed by atoms with Gasteiger partial charge in [0.05, 0.1) is 28.6 Å². The van der Waals surface area contributed by atoms with Crippen LogP contribution >= 0.6 is 11.6 Å². The first-order chi connectivity index (χ1) is 16.3. The summed E-state index contributed by atoms with van der Waals surface area (Å²) in [6.45, 7) is -0.720. The highest BCUT2D eigenvalue weighted by atomic mass is 35.5. The van der Waals surface area contributed by atoms with Gasteiger partial charge in [0.25, 0.3) is 0 Å². The van der Waals surface area contributed by atoms with Gasteiger partial charge in [-0.25, -0.2) is 12.6 Å². The molecule has 0 aliphatic heterocycles. The zero-order valence-electron chi connectivity index (χ0n) is 18.5. The number of sulfone groups is 1. The quantitative estimate of drug-likeness (QED) is 0.215. The zero-order valence-corrected chi connectivity index (χ0v) is 20.9. The van der Waals surface area contributed by atoms with Crippen molar-refractivity contribution in [2.45, 2.75) is 4.90 Å². The molecule has 0 amide bonds. The van der Waals surface area contributed by atoms with Gasteiger partial charge in [-0.3, -0.25) is 4.55 Å². The van der Waals surface area contributed by atoms with E-state index in [1.165, 1.54) is 24.3 Å². The van der Waals surface area contributed by atoms with Crippen molar-refractivity contribution in [2.75, 3.05) is 47.7 Å². The van der Waals surface area contributed by atoms with Gasteiger partial charge < -0.3 is 21.3 Å². The molecule has 0 radical (unpaired) electrons. The number of hydrogen-bond donors (Lipinski definition) is 4. The predicted molar refractivity (Wildman–Crippen MR) is 133 cm³/mol. The van der Waals surface area contributed by atoms with E-state index in [9.17, 15) is 16.8 Å². The minimum absolute atomic E-state index is 0.0747. The third-order valence-corrected chi connectivity index (χ3v) is 6.79. The smallest absolute Gasteiger partial charge is 0.397 e. The fourth-order valence-electron chi connectivity index (χ4n) is 2.75. The summed E-state index contributed by atoms with van der Waals surface area (Å²) in [4.78, 5) is 14.2. The molecular weight excluding hydrogens is 522 g/mol. The maximum absolute atomic E-state index is 12.3. The predicted octanol–water partition coefficient (Wildman–Crippen LogP) is 2.25. The fourth-order valence-corrected chi connectivity index (χ4v) is 4.40. The van der Waals surface area contributed by atoms with Crippen LogP contribution < -0.4 is 21.3 Å². The van der Waals surface area contributed by atoms with Crippen LogP contribution in [0.2, 0.25) is 5.28 Å². The molecule has 2 aromatic carbocycles. The monoisotopic (exact) mass is 543 g/mol. The van der Waals surface area contributed by atoms with Gasteiger partial charge in [0.15, 0.2) is 9.84 Å². The highest BCUT2D eigenvalue weighted by Crippen LogP contribution is 2.27. The first-order valence-corrected chi connectivity index (χ1v) is 13.2. The Hall–Kier alpha value is -3.24. The first-order valence-electron chi connectivity index (χ1n) is 9.79. The van der Waals surface area contributed by atoms with Crippen LogP contribution in [0.15, 0.2) is 47.4 Å². The molecule has 0 saturated heterocycles. The van der Waals surface area contributed by atoms with Crippen LogP contribution in [0, 0.1) is 0 Å². The Morgan fingerprint density at radius 2 is 1.63 bits per heavy atom. The highest BCUT2D eigenvalue weighted by molar-refractivity contribution is 7.91. The maximum atomic E-state index is 12.3. The van der Waals surface area contributed by atoms with Gasteiger partial charge in [-0.15, -0.1) is 0 Å². The van der Waals surface area contributed by atoms with E-state index in [2.05, 4.69) is 29.8 Å². The van der Waals surface area contributed by atoms with E-state index < -0.39 is 32.6 Å². The Balaban J connectivity index is 1.74. The summed E-state index contributed by atoms with van der Waals surface area (Å²) >= 11 is 6.04. The third kappa shape index (κ3) is 7.63. The number of nitrogens with one attached hydrogen (secondary N) is 2. The van der Waals surface area contributed by atoms with E-state index in [-0.39, 0.29) is 22.1 Å². The molecule has 35 heavy (non-hydrogen) atoms. The van der Waals surface area contributed by atoms with Crippen LogP contribution in [-0.4, -0.2) is 62.8 Å². The molecule has 0 spiro atoms. The molecule has 0 atom stereocenters. The molecule has 1 aromatic heterocycles. The lowest BCUT2D eigenvalue weighted by atomic mass is 10.2. The number of halogens is 1. The lowest BCUT2D eigenvalue weighted by Gasteiger charge is -2.16. The minimum Gasteiger partial charge on any atom is -0.397 e. The van der Waals surface area contributed by atoms with Gasteiger partial charge in [-0.2, -0.15) is 23.4 Å². The van der Waals surface area contributed by atoms with Crippen LogP contribution in [0.3, 0.4) is 0 Å². The van der Waals surface area contributed by atoms with E-state index in [0.29, 0.717) is 17.1 Å². The molecule has 3 aromatic rings. The molecule has 1 heterocycles. The zero-order chi connectivity index (χ0) is 25.8. The van der Waals surface area contributed by atoms with Crippen molar-refractivity contribution in [3.63, 3.8) is 0 Å². The van der Waals surface area contributed by atoms with Crippen molar-refractivity contribution in [2.24, 2.45) is 0 Å². The van der Waals surface area contributed by atoms with Crippen LogP contribution in [0.25, 0.3) is 0 Å². The number of rotatable bonds is 10. The molecule has 3 rings (SSSR count). The largest absolute Gasteiger partial charge is 0.397 e. The number of aromatic nitrogens is 3. The molecule has 0 bridgehead atoms. The average Bonchev–Trinajstić information content (AvgIpc) is 2.74. The van der Waals surface area contributed by atoms with E-state index in [4.69, 9.17) is 21.9 Å². The normalized spacial score (nSPS) is 11.8. The van der Waals surface area contributed by atoms with Crippen molar-refractivity contribution in [1.82, 2.24) is 15.0 Å². The van der Waals surface area contributed by atoms with Crippen LogP contribution in [0.5, 0.6) is 0 Å². The molecule has 13 nitrogen and oxygen atoms in total. The summed E-state index contributed by atoms with van der Waals surface area (Å²) in [5.41, 5.74) is 8.42. The van der Waals surface area contributed by atoms with Crippen molar-refractivity contribution >= 4 is 66.5 Å². The Bertz CT molecular complexity index is 1420. The maximum Gasteiger partial charge on any atom is 0.397 e. The highest BCUT2D eigenvalue weighted by Gasteiger charge is 2.17. The molecular formula is C19H22ClN7O6S2. The van der Waals surface area contributed by atoms with Crippen molar-refractivity contribution < 1.29 is 25.6 Å². The SMILES string of the molecule is CN(C)c1ccc(N)c(Nc2nc(Cl)nc(Nc3ccc(S(=O)(=O)CCOS(=O)(=O)O)cc3)n2)c1. The van der Waals surface area contributed by atoms with E-state index >= 15 is 0 Å². The standard InChI is InChI=1S/C19H22ClN7O6S2/c1-27(2)13-5-8-15(21)16(11-13)23-19-25-17(20)24-18(26-19)22-12-3-6-14(7-4-12)34(28,29)10-9-33-35(30,31)32/h3-8,11H,9-10,21H2,1-2H3,(H,30,31,32)(H2,22,23,24,25,26).